The Kier molecular flexibility index (Phi) is 5.09. The molecule has 0 aromatic heterocycles. The lowest BCUT2D eigenvalue weighted by Gasteiger charge is -2.27. The highest BCUT2D eigenvalue weighted by atomic mass is 16.4. The lowest BCUT2D eigenvalue weighted by atomic mass is 9.87. The number of amides is 2. The maximum absolute atomic E-state index is 11.6. The first-order chi connectivity index (χ1) is 7.55. The summed E-state index contributed by atoms with van der Waals surface area (Å²) >= 11 is 0. The predicted octanol–water partition coefficient (Wildman–Crippen LogP) is -1.20. The highest BCUT2D eigenvalue weighted by Gasteiger charge is 2.31. The fourth-order valence-corrected chi connectivity index (χ4v) is 1.06. The van der Waals surface area contributed by atoms with E-state index in [1.807, 2.05) is 0 Å². The van der Waals surface area contributed by atoms with E-state index in [2.05, 4.69) is 5.32 Å². The second kappa shape index (κ2) is 5.62. The molecule has 0 aliphatic heterocycles. The van der Waals surface area contributed by atoms with E-state index >= 15 is 0 Å². The van der Waals surface area contributed by atoms with Crippen LogP contribution in [0.15, 0.2) is 0 Å². The topological polar surface area (TPSA) is 136 Å². The number of carbonyl (C=O) groups is 3. The Morgan fingerprint density at radius 1 is 1.29 bits per heavy atom. The van der Waals surface area contributed by atoms with Gasteiger partial charge in [-0.2, -0.15) is 0 Å². The molecule has 0 aromatic rings. The number of hydrogen-bond acceptors (Lipinski definition) is 4. The molecule has 0 heterocycles. The molecule has 7 nitrogen and oxygen atoms in total. The Bertz CT molecular complexity index is 322. The summed E-state index contributed by atoms with van der Waals surface area (Å²) in [4.78, 5) is 33.1. The van der Waals surface area contributed by atoms with E-state index in [9.17, 15) is 14.4 Å². The van der Waals surface area contributed by atoms with E-state index in [0.29, 0.717) is 0 Å². The number of carboxylic acids is 1. The first kappa shape index (κ1) is 15.4. The zero-order valence-electron chi connectivity index (χ0n) is 10.2. The van der Waals surface area contributed by atoms with Gasteiger partial charge in [0.1, 0.15) is 6.04 Å². The first-order valence-corrected chi connectivity index (χ1v) is 5.12. The third kappa shape index (κ3) is 5.30. The van der Waals surface area contributed by atoms with E-state index in [1.54, 1.807) is 20.8 Å². The SMILES string of the molecule is CC(C)(C)[C@@H](N)C(=O)NC(CC(N)=O)C(=O)O. The van der Waals surface area contributed by atoms with Crippen LogP contribution in [0.2, 0.25) is 0 Å². The Balaban J connectivity index is 4.62. The van der Waals surface area contributed by atoms with E-state index in [0.717, 1.165) is 0 Å². The van der Waals surface area contributed by atoms with E-state index < -0.39 is 41.7 Å². The quantitative estimate of drug-likeness (QED) is 0.482. The predicted molar refractivity (Wildman–Crippen MR) is 60.8 cm³/mol. The number of rotatable bonds is 5. The van der Waals surface area contributed by atoms with Gasteiger partial charge in [0.25, 0.3) is 0 Å². The van der Waals surface area contributed by atoms with Crippen LogP contribution in [0.1, 0.15) is 27.2 Å². The number of aliphatic carboxylic acids is 1. The van der Waals surface area contributed by atoms with Crippen molar-refractivity contribution in [2.24, 2.45) is 16.9 Å². The molecule has 0 rings (SSSR count). The third-order valence-electron chi connectivity index (χ3n) is 2.24. The zero-order chi connectivity index (χ0) is 13.8. The Hall–Kier alpha value is -1.63. The number of carbonyl (C=O) groups excluding carboxylic acids is 2. The van der Waals surface area contributed by atoms with Gasteiger partial charge in [-0.05, 0) is 5.41 Å². The molecular formula is C10H19N3O4. The molecular weight excluding hydrogens is 226 g/mol. The monoisotopic (exact) mass is 245 g/mol. The summed E-state index contributed by atoms with van der Waals surface area (Å²) in [7, 11) is 0. The summed E-state index contributed by atoms with van der Waals surface area (Å²) in [6.45, 7) is 5.25. The van der Waals surface area contributed by atoms with Crippen molar-refractivity contribution in [1.29, 1.82) is 0 Å². The minimum absolute atomic E-state index is 0.460. The zero-order valence-corrected chi connectivity index (χ0v) is 10.2. The fourth-order valence-electron chi connectivity index (χ4n) is 1.06. The molecule has 0 radical (unpaired) electrons. The molecule has 2 atom stereocenters. The summed E-state index contributed by atoms with van der Waals surface area (Å²) in [6.07, 6.45) is -0.460. The fraction of sp³-hybridized carbons (Fsp3) is 0.700. The summed E-state index contributed by atoms with van der Waals surface area (Å²) in [5, 5.41) is 11.0. The van der Waals surface area contributed by atoms with Crippen LogP contribution in [0, 0.1) is 5.41 Å². The normalized spacial score (nSPS) is 14.8. The third-order valence-corrected chi connectivity index (χ3v) is 2.24. The maximum atomic E-state index is 11.6. The molecule has 17 heavy (non-hydrogen) atoms. The Morgan fingerprint density at radius 3 is 2.06 bits per heavy atom. The Morgan fingerprint density at radius 2 is 1.76 bits per heavy atom. The average molecular weight is 245 g/mol. The second-order valence-electron chi connectivity index (χ2n) is 4.91. The van der Waals surface area contributed by atoms with Crippen LogP contribution in [0.5, 0.6) is 0 Å². The molecule has 0 aromatic carbocycles. The van der Waals surface area contributed by atoms with Crippen LogP contribution >= 0.6 is 0 Å². The van der Waals surface area contributed by atoms with Gasteiger partial charge in [-0.3, -0.25) is 9.59 Å². The lowest BCUT2D eigenvalue weighted by Crippen LogP contribution is -2.53. The minimum Gasteiger partial charge on any atom is -0.480 e. The van der Waals surface area contributed by atoms with Crippen molar-refractivity contribution < 1.29 is 19.5 Å². The largest absolute Gasteiger partial charge is 0.480 e. The van der Waals surface area contributed by atoms with Gasteiger partial charge in [0, 0.05) is 0 Å². The highest BCUT2D eigenvalue weighted by molar-refractivity contribution is 5.90. The lowest BCUT2D eigenvalue weighted by molar-refractivity contribution is -0.143. The molecule has 6 N–H and O–H groups in total. The van der Waals surface area contributed by atoms with Crippen molar-refractivity contribution in [2.45, 2.75) is 39.3 Å². The summed E-state index contributed by atoms with van der Waals surface area (Å²) in [5.74, 6) is -2.74. The molecule has 0 fully saturated rings. The Labute approximate surface area is 99.5 Å². The van der Waals surface area contributed by atoms with E-state index in [1.165, 1.54) is 0 Å². The van der Waals surface area contributed by atoms with Crippen LogP contribution in [-0.4, -0.2) is 35.0 Å². The maximum Gasteiger partial charge on any atom is 0.326 e. The van der Waals surface area contributed by atoms with Crippen LogP contribution < -0.4 is 16.8 Å². The standard InChI is InChI=1S/C10H19N3O4/c1-10(2,3)7(12)8(15)13-5(9(16)17)4-6(11)14/h5,7H,4,12H2,1-3H3,(H2,11,14)(H,13,15)(H,16,17)/t5?,7-/m0/s1. The molecule has 98 valence electrons. The molecule has 2 amide bonds. The van der Waals surface area contributed by atoms with Crippen molar-refractivity contribution in [1.82, 2.24) is 5.32 Å². The van der Waals surface area contributed by atoms with E-state index in [4.69, 9.17) is 16.6 Å². The smallest absolute Gasteiger partial charge is 0.326 e. The number of primary amides is 1. The van der Waals surface area contributed by atoms with Crippen molar-refractivity contribution >= 4 is 17.8 Å². The number of carboxylic acid groups (broad SMARTS) is 1. The van der Waals surface area contributed by atoms with Crippen LogP contribution in [0.25, 0.3) is 0 Å². The number of hydrogen-bond donors (Lipinski definition) is 4. The second-order valence-corrected chi connectivity index (χ2v) is 4.91. The summed E-state index contributed by atoms with van der Waals surface area (Å²) < 4.78 is 0. The van der Waals surface area contributed by atoms with Gasteiger partial charge in [0.15, 0.2) is 0 Å². The van der Waals surface area contributed by atoms with Crippen LogP contribution in [0.3, 0.4) is 0 Å². The van der Waals surface area contributed by atoms with Gasteiger partial charge in [-0.15, -0.1) is 0 Å². The summed E-state index contributed by atoms with van der Waals surface area (Å²) in [6, 6.07) is -2.20. The van der Waals surface area contributed by atoms with Gasteiger partial charge < -0.3 is 21.9 Å². The van der Waals surface area contributed by atoms with Crippen molar-refractivity contribution in [3.63, 3.8) is 0 Å². The average Bonchev–Trinajstić information content (AvgIpc) is 2.13. The highest BCUT2D eigenvalue weighted by Crippen LogP contribution is 2.17. The van der Waals surface area contributed by atoms with Gasteiger partial charge in [-0.25, -0.2) is 4.79 Å². The molecule has 0 aliphatic carbocycles. The van der Waals surface area contributed by atoms with Gasteiger partial charge in [0.2, 0.25) is 11.8 Å². The van der Waals surface area contributed by atoms with Crippen LogP contribution in [-0.2, 0) is 14.4 Å². The molecule has 0 bridgehead atoms. The molecule has 0 saturated carbocycles. The van der Waals surface area contributed by atoms with Crippen LogP contribution in [0.4, 0.5) is 0 Å². The van der Waals surface area contributed by atoms with Crippen molar-refractivity contribution in [3.8, 4) is 0 Å². The first-order valence-electron chi connectivity index (χ1n) is 5.12. The van der Waals surface area contributed by atoms with Gasteiger partial charge >= 0.3 is 5.97 Å². The molecule has 0 aliphatic rings. The number of nitrogens with one attached hydrogen (secondary N) is 1. The molecule has 0 saturated heterocycles. The molecule has 1 unspecified atom stereocenters. The van der Waals surface area contributed by atoms with Gasteiger partial charge in [-0.1, -0.05) is 20.8 Å². The minimum atomic E-state index is -1.34. The molecule has 0 spiro atoms. The van der Waals surface area contributed by atoms with Crippen molar-refractivity contribution in [3.05, 3.63) is 0 Å². The van der Waals surface area contributed by atoms with Crippen molar-refractivity contribution in [2.75, 3.05) is 0 Å². The van der Waals surface area contributed by atoms with E-state index in [-0.39, 0.29) is 0 Å². The number of nitrogens with two attached hydrogens (primary N) is 2. The molecule has 7 heteroatoms. The summed E-state index contributed by atoms with van der Waals surface area (Å²) in [5.41, 5.74) is 10.0. The van der Waals surface area contributed by atoms with Gasteiger partial charge in [0.05, 0.1) is 12.5 Å².